The smallest absolute Gasteiger partial charge is 0.319 e. The van der Waals surface area contributed by atoms with E-state index in [1.54, 1.807) is 35.6 Å². The van der Waals surface area contributed by atoms with Crippen LogP contribution in [0.1, 0.15) is 10.4 Å². The molecule has 0 bridgehead atoms. The Morgan fingerprint density at radius 2 is 2.24 bits per heavy atom. The van der Waals surface area contributed by atoms with Crippen LogP contribution in [-0.4, -0.2) is 12.6 Å². The van der Waals surface area contributed by atoms with Crippen LogP contribution in [-0.2, 0) is 6.54 Å². The molecule has 2 aromatic rings. The number of hydrogen-bond donors (Lipinski definition) is 3. The molecule has 1 aromatic carbocycles. The highest BCUT2D eigenvalue weighted by molar-refractivity contribution is 7.10. The Hall–Kier alpha value is -2.00. The monoisotopic (exact) mass is 319 g/mol. The lowest BCUT2D eigenvalue weighted by atomic mass is 10.2. The summed E-state index contributed by atoms with van der Waals surface area (Å²) in [6, 6.07) is 8.61. The molecule has 2 amide bonds. The normalized spacial score (nSPS) is 9.62. The third-order valence-electron chi connectivity index (χ3n) is 2.56. The first-order valence-corrected chi connectivity index (χ1v) is 7.50. The Labute approximate surface area is 132 Å². The molecule has 0 saturated heterocycles. The highest BCUT2D eigenvalue weighted by Gasteiger charge is 2.05. The van der Waals surface area contributed by atoms with Crippen LogP contribution < -0.4 is 16.4 Å². The van der Waals surface area contributed by atoms with Gasteiger partial charge in [0.25, 0.3) is 0 Å². The third-order valence-corrected chi connectivity index (χ3v) is 3.72. The molecule has 1 aromatic heterocycles. The molecule has 2 rings (SSSR count). The molecule has 4 N–H and O–H groups in total. The number of nitrogens with one attached hydrogen (secondary N) is 2. The second-order valence-corrected chi connectivity index (χ2v) is 5.52. The van der Waals surface area contributed by atoms with E-state index >= 15 is 0 Å². The average Bonchev–Trinajstić information content (AvgIpc) is 2.90. The van der Waals surface area contributed by atoms with Crippen molar-refractivity contribution in [1.82, 2.24) is 5.32 Å². The fourth-order valence-corrected chi connectivity index (χ4v) is 2.60. The Kier molecular flexibility index (Phi) is 5.64. The third kappa shape index (κ3) is 4.80. The van der Waals surface area contributed by atoms with Gasteiger partial charge in [-0.05, 0) is 29.6 Å². The van der Waals surface area contributed by atoms with E-state index in [4.69, 9.17) is 17.3 Å². The fraction of sp³-hybridized carbons (Fsp3) is 0.133. The van der Waals surface area contributed by atoms with Gasteiger partial charge in [0, 0.05) is 21.2 Å². The highest BCUT2D eigenvalue weighted by atomic mass is 35.5. The molecule has 0 spiro atoms. The molecule has 0 radical (unpaired) electrons. The fourth-order valence-electron chi connectivity index (χ4n) is 1.64. The predicted octanol–water partition coefficient (Wildman–Crippen LogP) is 3.03. The predicted molar refractivity (Wildman–Crippen MR) is 87.6 cm³/mol. The van der Waals surface area contributed by atoms with Crippen LogP contribution in [0, 0.1) is 11.8 Å². The van der Waals surface area contributed by atoms with Crippen molar-refractivity contribution in [3.8, 4) is 11.8 Å². The number of halogens is 1. The summed E-state index contributed by atoms with van der Waals surface area (Å²) < 4.78 is 0. The van der Waals surface area contributed by atoms with E-state index in [-0.39, 0.29) is 6.03 Å². The van der Waals surface area contributed by atoms with E-state index in [9.17, 15) is 4.79 Å². The van der Waals surface area contributed by atoms with E-state index in [2.05, 4.69) is 22.5 Å². The number of urea groups is 1. The molecule has 0 fully saturated rings. The molecule has 21 heavy (non-hydrogen) atoms. The van der Waals surface area contributed by atoms with E-state index < -0.39 is 0 Å². The van der Waals surface area contributed by atoms with Gasteiger partial charge in [-0.15, -0.1) is 11.3 Å². The summed E-state index contributed by atoms with van der Waals surface area (Å²) >= 11 is 7.40. The lowest BCUT2D eigenvalue weighted by Crippen LogP contribution is -2.28. The molecule has 0 aliphatic carbocycles. The van der Waals surface area contributed by atoms with E-state index in [1.807, 2.05) is 11.4 Å². The molecule has 4 nitrogen and oxygen atoms in total. The maximum atomic E-state index is 11.8. The lowest BCUT2D eigenvalue weighted by Gasteiger charge is -2.07. The van der Waals surface area contributed by atoms with Gasteiger partial charge in [0.1, 0.15) is 0 Å². The molecular formula is C15H14ClN3OS. The van der Waals surface area contributed by atoms with Crippen LogP contribution in [0.2, 0.25) is 5.02 Å². The van der Waals surface area contributed by atoms with Crippen molar-refractivity contribution >= 4 is 34.7 Å². The number of carbonyl (C=O) groups is 1. The van der Waals surface area contributed by atoms with Gasteiger partial charge in [-0.3, -0.25) is 0 Å². The van der Waals surface area contributed by atoms with Crippen molar-refractivity contribution in [2.24, 2.45) is 5.73 Å². The van der Waals surface area contributed by atoms with Crippen molar-refractivity contribution in [3.05, 3.63) is 51.2 Å². The van der Waals surface area contributed by atoms with Gasteiger partial charge in [-0.2, -0.15) is 0 Å². The Balaban J connectivity index is 1.91. The number of rotatable bonds is 3. The summed E-state index contributed by atoms with van der Waals surface area (Å²) in [5, 5.41) is 8.02. The number of benzene rings is 1. The molecular weight excluding hydrogens is 306 g/mol. The highest BCUT2D eigenvalue weighted by Crippen LogP contribution is 2.16. The van der Waals surface area contributed by atoms with Gasteiger partial charge in [-0.25, -0.2) is 4.79 Å². The minimum Gasteiger partial charge on any atom is -0.333 e. The first kappa shape index (κ1) is 15.4. The van der Waals surface area contributed by atoms with Crippen molar-refractivity contribution in [1.29, 1.82) is 0 Å². The molecule has 0 aliphatic heterocycles. The van der Waals surface area contributed by atoms with E-state index in [0.29, 0.717) is 23.8 Å². The molecule has 0 saturated carbocycles. The number of anilines is 1. The van der Waals surface area contributed by atoms with Gasteiger partial charge in [-0.1, -0.05) is 29.5 Å². The van der Waals surface area contributed by atoms with Crippen molar-refractivity contribution in [3.63, 3.8) is 0 Å². The summed E-state index contributed by atoms with van der Waals surface area (Å²) in [4.78, 5) is 12.8. The van der Waals surface area contributed by atoms with E-state index in [0.717, 1.165) is 10.4 Å². The number of thiophene rings is 1. The van der Waals surface area contributed by atoms with Crippen molar-refractivity contribution < 1.29 is 4.79 Å². The second kappa shape index (κ2) is 7.70. The van der Waals surface area contributed by atoms with Gasteiger partial charge in [0.2, 0.25) is 0 Å². The number of nitrogens with two attached hydrogens (primary N) is 1. The van der Waals surface area contributed by atoms with Crippen LogP contribution >= 0.6 is 22.9 Å². The van der Waals surface area contributed by atoms with Crippen LogP contribution in [0.5, 0.6) is 0 Å². The second-order valence-electron chi connectivity index (χ2n) is 4.08. The van der Waals surface area contributed by atoms with Gasteiger partial charge >= 0.3 is 6.03 Å². The molecule has 0 unspecified atom stereocenters. The number of hydrogen-bond acceptors (Lipinski definition) is 3. The minimum absolute atomic E-state index is 0.289. The minimum atomic E-state index is -0.289. The number of carbonyl (C=O) groups excluding carboxylic acids is 1. The molecule has 0 atom stereocenters. The lowest BCUT2D eigenvalue weighted by molar-refractivity contribution is 0.252. The first-order valence-electron chi connectivity index (χ1n) is 6.25. The van der Waals surface area contributed by atoms with Crippen LogP contribution in [0.3, 0.4) is 0 Å². The quantitative estimate of drug-likeness (QED) is 0.761. The summed E-state index contributed by atoms with van der Waals surface area (Å²) in [6.07, 6.45) is 0. The standard InChI is InChI=1S/C15H14ClN3OS/c16-12-4-1-5-13(9-12)19-15(20)18-10-14-11(3-2-7-17)6-8-21-14/h1,4-6,8-9H,7,10,17H2,(H2,18,19,20). The zero-order valence-corrected chi connectivity index (χ0v) is 12.7. The largest absolute Gasteiger partial charge is 0.333 e. The maximum absolute atomic E-state index is 11.8. The van der Waals surface area contributed by atoms with Crippen LogP contribution in [0.25, 0.3) is 0 Å². The van der Waals surface area contributed by atoms with Gasteiger partial charge < -0.3 is 16.4 Å². The topological polar surface area (TPSA) is 67.1 Å². The maximum Gasteiger partial charge on any atom is 0.319 e. The SMILES string of the molecule is NCC#Cc1ccsc1CNC(=O)Nc1cccc(Cl)c1. The zero-order chi connectivity index (χ0) is 15.1. The summed E-state index contributed by atoms with van der Waals surface area (Å²) in [7, 11) is 0. The van der Waals surface area contributed by atoms with Gasteiger partial charge in [0.15, 0.2) is 0 Å². The zero-order valence-electron chi connectivity index (χ0n) is 11.2. The van der Waals surface area contributed by atoms with Crippen LogP contribution in [0.4, 0.5) is 10.5 Å². The summed E-state index contributed by atoms with van der Waals surface area (Å²) in [5.74, 6) is 5.79. The number of amides is 2. The van der Waals surface area contributed by atoms with E-state index in [1.165, 1.54) is 0 Å². The average molecular weight is 320 g/mol. The first-order chi connectivity index (χ1) is 10.2. The van der Waals surface area contributed by atoms with Crippen molar-refractivity contribution in [2.45, 2.75) is 6.54 Å². The summed E-state index contributed by atoms with van der Waals surface area (Å²) in [5.41, 5.74) is 6.90. The summed E-state index contributed by atoms with van der Waals surface area (Å²) in [6.45, 7) is 0.733. The van der Waals surface area contributed by atoms with Crippen LogP contribution in [0.15, 0.2) is 35.7 Å². The van der Waals surface area contributed by atoms with Gasteiger partial charge in [0.05, 0.1) is 13.1 Å². The van der Waals surface area contributed by atoms with Crippen molar-refractivity contribution in [2.75, 3.05) is 11.9 Å². The molecule has 0 aliphatic rings. The molecule has 1 heterocycles. The molecule has 6 heteroatoms. The Morgan fingerprint density at radius 1 is 1.38 bits per heavy atom. The molecule has 108 valence electrons. The Bertz CT molecular complexity index is 687. The Morgan fingerprint density at radius 3 is 3.00 bits per heavy atom.